The molecule has 11 heteroatoms. The maximum Gasteiger partial charge on any atom is 0.248 e. The second kappa shape index (κ2) is 7.26. The van der Waals surface area contributed by atoms with Crippen LogP contribution in [0.2, 0.25) is 0 Å². The summed E-state index contributed by atoms with van der Waals surface area (Å²) in [6.07, 6.45) is 3.25. The van der Waals surface area contributed by atoms with E-state index >= 15 is 0 Å². The summed E-state index contributed by atoms with van der Waals surface area (Å²) in [5.41, 5.74) is -0.474. The van der Waals surface area contributed by atoms with Crippen LogP contribution >= 0.6 is 0 Å². The monoisotopic (exact) mass is 453 g/mol. The van der Waals surface area contributed by atoms with Crippen molar-refractivity contribution in [2.45, 2.75) is 76.6 Å². The molecular formula is C20H31N5O5S. The number of carbonyl (C=O) groups is 2. The van der Waals surface area contributed by atoms with Gasteiger partial charge in [0.2, 0.25) is 11.8 Å². The van der Waals surface area contributed by atoms with Crippen molar-refractivity contribution >= 4 is 21.7 Å². The van der Waals surface area contributed by atoms with Crippen molar-refractivity contribution in [3.63, 3.8) is 0 Å². The second-order valence-electron chi connectivity index (χ2n) is 10.6. The number of β-amino-alcohol motifs (C(OH)–C–C–N with tert-alkyl or cyclic N) is 1. The third-order valence-corrected chi connectivity index (χ3v) is 8.36. The Balaban J connectivity index is 1.55. The van der Waals surface area contributed by atoms with Crippen LogP contribution in [0.3, 0.4) is 0 Å². The van der Waals surface area contributed by atoms with Crippen molar-refractivity contribution < 1.29 is 23.1 Å². The maximum absolute atomic E-state index is 13.7. The van der Waals surface area contributed by atoms with Crippen LogP contribution in [0, 0.1) is 5.41 Å². The molecule has 3 atom stereocenters. The zero-order valence-corrected chi connectivity index (χ0v) is 19.2. The molecule has 31 heavy (non-hydrogen) atoms. The lowest BCUT2D eigenvalue weighted by Gasteiger charge is -2.40. The minimum absolute atomic E-state index is 0.0443. The maximum atomic E-state index is 13.7. The van der Waals surface area contributed by atoms with E-state index in [1.165, 1.54) is 4.90 Å². The fourth-order valence-electron chi connectivity index (χ4n) is 4.71. The van der Waals surface area contributed by atoms with Gasteiger partial charge >= 0.3 is 0 Å². The van der Waals surface area contributed by atoms with Gasteiger partial charge in [-0.25, -0.2) is 13.1 Å². The Morgan fingerprint density at radius 2 is 1.94 bits per heavy atom. The van der Waals surface area contributed by atoms with Gasteiger partial charge in [-0.15, -0.1) is 5.10 Å². The summed E-state index contributed by atoms with van der Waals surface area (Å²) in [6.45, 7) is 7.50. The van der Waals surface area contributed by atoms with E-state index in [-0.39, 0.29) is 30.4 Å². The van der Waals surface area contributed by atoms with Crippen molar-refractivity contribution in [3.05, 3.63) is 11.9 Å². The van der Waals surface area contributed by atoms with Gasteiger partial charge in [0.1, 0.15) is 12.1 Å². The molecule has 2 amide bonds. The predicted molar refractivity (Wildman–Crippen MR) is 112 cm³/mol. The number of likely N-dealkylation sites (tertiary alicyclic amines) is 1. The van der Waals surface area contributed by atoms with Gasteiger partial charge in [0.05, 0.1) is 28.8 Å². The first-order valence-corrected chi connectivity index (χ1v) is 12.5. The van der Waals surface area contributed by atoms with Crippen molar-refractivity contribution in [2.24, 2.45) is 5.41 Å². The summed E-state index contributed by atoms with van der Waals surface area (Å²) in [7, 11) is -3.13. The van der Waals surface area contributed by atoms with E-state index in [1.807, 2.05) is 27.0 Å². The first-order chi connectivity index (χ1) is 14.3. The lowest BCUT2D eigenvalue weighted by molar-refractivity contribution is -0.144. The van der Waals surface area contributed by atoms with Gasteiger partial charge in [-0.1, -0.05) is 26.0 Å². The van der Waals surface area contributed by atoms with Gasteiger partial charge in [0.15, 0.2) is 9.84 Å². The first kappa shape index (κ1) is 22.2. The van der Waals surface area contributed by atoms with Gasteiger partial charge in [0, 0.05) is 25.1 Å². The summed E-state index contributed by atoms with van der Waals surface area (Å²) >= 11 is 0. The highest BCUT2D eigenvalue weighted by atomic mass is 32.2. The number of carbonyl (C=O) groups excluding carboxylic acids is 2. The van der Waals surface area contributed by atoms with E-state index in [4.69, 9.17) is 0 Å². The van der Waals surface area contributed by atoms with E-state index in [0.717, 1.165) is 18.5 Å². The van der Waals surface area contributed by atoms with Gasteiger partial charge in [-0.2, -0.15) is 0 Å². The normalized spacial score (nSPS) is 28.1. The van der Waals surface area contributed by atoms with Crippen LogP contribution in [0.4, 0.5) is 0 Å². The molecule has 0 bridgehead atoms. The van der Waals surface area contributed by atoms with Crippen LogP contribution in [0.1, 0.15) is 64.6 Å². The molecule has 3 aliphatic rings. The molecule has 3 fully saturated rings. The van der Waals surface area contributed by atoms with Crippen LogP contribution in [-0.4, -0.2) is 81.0 Å². The van der Waals surface area contributed by atoms with Crippen LogP contribution in [0.15, 0.2) is 6.20 Å². The molecule has 0 aromatic carbocycles. The topological polar surface area (TPSA) is 134 Å². The van der Waals surface area contributed by atoms with Crippen LogP contribution < -0.4 is 5.32 Å². The van der Waals surface area contributed by atoms with E-state index in [9.17, 15) is 23.1 Å². The molecule has 0 radical (unpaired) electrons. The Hall–Kier alpha value is -2.01. The molecule has 1 saturated carbocycles. The third kappa shape index (κ3) is 4.48. The Bertz CT molecular complexity index is 982. The van der Waals surface area contributed by atoms with E-state index < -0.39 is 44.9 Å². The van der Waals surface area contributed by atoms with Crippen molar-refractivity contribution in [1.29, 1.82) is 0 Å². The lowest BCUT2D eigenvalue weighted by Crippen LogP contribution is -2.65. The minimum Gasteiger partial charge on any atom is -0.391 e. The number of nitrogens with one attached hydrogen (secondary N) is 1. The largest absolute Gasteiger partial charge is 0.391 e. The van der Waals surface area contributed by atoms with Gasteiger partial charge in [-0.3, -0.25) is 9.59 Å². The number of aliphatic hydroxyl groups excluding tert-OH is 1. The standard InChI is InChI=1S/C20H31N5O5S/c1-19(2,3)16(25-9-14(22-23-25)12-5-6-12)18(28)24-8-13(26)7-15(24)17(27)21-20(4)10-31(29,30)11-20/h9,12-13,15-16,26H,5-8,10-11H2,1-4H3,(H,21,27)/t13?,15?,16-/m1/s1. The van der Waals surface area contributed by atoms with E-state index in [1.54, 1.807) is 11.6 Å². The first-order valence-electron chi connectivity index (χ1n) is 10.7. The predicted octanol–water partition coefficient (Wildman–Crippen LogP) is 0.00780. The van der Waals surface area contributed by atoms with Crippen LogP contribution in [-0.2, 0) is 19.4 Å². The minimum atomic E-state index is -3.13. The van der Waals surface area contributed by atoms with Crippen molar-refractivity contribution in [2.75, 3.05) is 18.1 Å². The highest BCUT2D eigenvalue weighted by molar-refractivity contribution is 7.93. The molecule has 1 aromatic rings. The number of hydrogen-bond donors (Lipinski definition) is 2. The fourth-order valence-corrected chi connectivity index (χ4v) is 6.71. The highest BCUT2D eigenvalue weighted by Crippen LogP contribution is 2.40. The Morgan fingerprint density at radius 1 is 1.29 bits per heavy atom. The number of aliphatic hydroxyl groups is 1. The Kier molecular flexibility index (Phi) is 5.20. The summed E-state index contributed by atoms with van der Waals surface area (Å²) in [4.78, 5) is 28.0. The summed E-state index contributed by atoms with van der Waals surface area (Å²) < 4.78 is 24.7. The second-order valence-corrected chi connectivity index (χ2v) is 12.7. The summed E-state index contributed by atoms with van der Waals surface area (Å²) in [6, 6.07) is -1.55. The number of aromatic nitrogens is 3. The van der Waals surface area contributed by atoms with Gasteiger partial charge in [0.25, 0.3) is 0 Å². The van der Waals surface area contributed by atoms with E-state index in [0.29, 0.717) is 5.92 Å². The van der Waals surface area contributed by atoms with Gasteiger partial charge < -0.3 is 15.3 Å². The fraction of sp³-hybridized carbons (Fsp3) is 0.800. The Labute approximate surface area is 182 Å². The molecule has 1 aromatic heterocycles. The Morgan fingerprint density at radius 3 is 2.48 bits per heavy atom. The zero-order chi connectivity index (χ0) is 22.8. The average molecular weight is 454 g/mol. The number of nitrogens with zero attached hydrogens (tertiary/aromatic N) is 4. The SMILES string of the molecule is CC1(NC(=O)C2CC(O)CN2C(=O)[C@@H](n2cc(C3CC3)nn2)C(C)(C)C)CS(=O)(=O)C1. The third-order valence-electron chi connectivity index (χ3n) is 6.21. The van der Waals surface area contributed by atoms with Crippen molar-refractivity contribution in [1.82, 2.24) is 25.2 Å². The number of amides is 2. The quantitative estimate of drug-likeness (QED) is 0.641. The molecule has 2 N–H and O–H groups in total. The molecule has 4 rings (SSSR count). The molecule has 1 aliphatic carbocycles. The van der Waals surface area contributed by atoms with Crippen molar-refractivity contribution in [3.8, 4) is 0 Å². The number of sulfone groups is 1. The highest BCUT2D eigenvalue weighted by Gasteiger charge is 2.50. The molecule has 2 saturated heterocycles. The zero-order valence-electron chi connectivity index (χ0n) is 18.4. The van der Waals surface area contributed by atoms with Crippen LogP contribution in [0.5, 0.6) is 0 Å². The number of hydrogen-bond acceptors (Lipinski definition) is 7. The molecular weight excluding hydrogens is 422 g/mol. The smallest absolute Gasteiger partial charge is 0.248 e. The molecule has 2 aliphatic heterocycles. The van der Waals surface area contributed by atoms with Crippen LogP contribution in [0.25, 0.3) is 0 Å². The average Bonchev–Trinajstić information content (AvgIpc) is 3.20. The summed E-state index contributed by atoms with van der Waals surface area (Å²) in [5, 5.41) is 21.5. The molecule has 10 nitrogen and oxygen atoms in total. The molecule has 3 heterocycles. The molecule has 172 valence electrons. The van der Waals surface area contributed by atoms with E-state index in [2.05, 4.69) is 15.6 Å². The molecule has 0 spiro atoms. The summed E-state index contributed by atoms with van der Waals surface area (Å²) in [5.74, 6) is -0.587. The molecule has 2 unspecified atom stereocenters. The van der Waals surface area contributed by atoms with Gasteiger partial charge in [-0.05, 0) is 25.2 Å². The lowest BCUT2D eigenvalue weighted by atomic mass is 9.85. The number of rotatable bonds is 5.